The molecule has 0 bridgehead atoms. The quantitative estimate of drug-likeness (QED) is 0.480. The Kier molecular flexibility index (Phi) is 3.83. The number of aliphatic carboxylic acids is 1. The number of carboxylic acids is 1. The first-order valence-electron chi connectivity index (χ1n) is 3.54. The minimum absolute atomic E-state index is 0.827. The van der Waals surface area contributed by atoms with Crippen LogP contribution in [-0.4, -0.2) is 45.6 Å². The van der Waals surface area contributed by atoms with Crippen LogP contribution in [0, 0.1) is 0 Å². The monoisotopic (exact) mass is 192 g/mol. The van der Waals surface area contributed by atoms with Crippen molar-refractivity contribution < 1.29 is 29.6 Å². The number of carbonyl (C=O) groups excluding carboxylic acids is 1. The fourth-order valence-electron chi connectivity index (χ4n) is 0.500. The topological polar surface area (TPSA) is 104 Å². The number of aliphatic hydroxyl groups is 2. The molecule has 0 saturated carbocycles. The summed E-state index contributed by atoms with van der Waals surface area (Å²) >= 11 is 0. The van der Waals surface area contributed by atoms with Crippen LogP contribution in [0.15, 0.2) is 0 Å². The molecule has 3 N–H and O–H groups in total. The summed E-state index contributed by atoms with van der Waals surface area (Å²) < 4.78 is 4.14. The van der Waals surface area contributed by atoms with Gasteiger partial charge in [0.2, 0.25) is 0 Å². The number of hydrogen-bond donors (Lipinski definition) is 3. The van der Waals surface area contributed by atoms with E-state index in [1.165, 1.54) is 13.8 Å². The van der Waals surface area contributed by atoms with Gasteiger partial charge in [-0.15, -0.1) is 0 Å². The SMILES string of the molecule is CC(C)(O)C(O)C(=O)OCC(=O)O. The number of aliphatic hydroxyl groups excluding tert-OH is 1. The van der Waals surface area contributed by atoms with E-state index >= 15 is 0 Å². The van der Waals surface area contributed by atoms with Crippen molar-refractivity contribution in [2.24, 2.45) is 0 Å². The van der Waals surface area contributed by atoms with Crippen molar-refractivity contribution in [3.8, 4) is 0 Å². The van der Waals surface area contributed by atoms with Crippen molar-refractivity contribution >= 4 is 11.9 Å². The molecule has 0 aliphatic heterocycles. The molecule has 0 spiro atoms. The molecular formula is C7H12O6. The fraction of sp³-hybridized carbons (Fsp3) is 0.714. The van der Waals surface area contributed by atoms with Crippen LogP contribution in [-0.2, 0) is 14.3 Å². The van der Waals surface area contributed by atoms with Crippen molar-refractivity contribution in [2.75, 3.05) is 6.61 Å². The molecule has 1 unspecified atom stereocenters. The van der Waals surface area contributed by atoms with Crippen LogP contribution in [0.3, 0.4) is 0 Å². The van der Waals surface area contributed by atoms with E-state index < -0.39 is 30.3 Å². The third-order valence-electron chi connectivity index (χ3n) is 1.23. The van der Waals surface area contributed by atoms with Crippen LogP contribution in [0.1, 0.15) is 13.8 Å². The first-order valence-corrected chi connectivity index (χ1v) is 3.54. The highest BCUT2D eigenvalue weighted by Crippen LogP contribution is 2.09. The van der Waals surface area contributed by atoms with Gasteiger partial charge in [-0.2, -0.15) is 0 Å². The van der Waals surface area contributed by atoms with Crippen LogP contribution in [0.4, 0.5) is 0 Å². The molecule has 0 radical (unpaired) electrons. The Morgan fingerprint density at radius 2 is 1.92 bits per heavy atom. The van der Waals surface area contributed by atoms with Gasteiger partial charge in [0.1, 0.15) is 0 Å². The molecule has 0 heterocycles. The van der Waals surface area contributed by atoms with Gasteiger partial charge >= 0.3 is 11.9 Å². The number of hydrogen-bond acceptors (Lipinski definition) is 5. The Hall–Kier alpha value is -1.14. The van der Waals surface area contributed by atoms with E-state index in [2.05, 4.69) is 4.74 Å². The highest BCUT2D eigenvalue weighted by molar-refractivity contribution is 5.79. The molecule has 6 nitrogen and oxygen atoms in total. The van der Waals surface area contributed by atoms with E-state index in [0.717, 1.165) is 0 Å². The zero-order valence-corrected chi connectivity index (χ0v) is 7.35. The lowest BCUT2D eigenvalue weighted by atomic mass is 10.0. The maximum Gasteiger partial charge on any atom is 0.341 e. The van der Waals surface area contributed by atoms with Gasteiger partial charge in [-0.05, 0) is 13.8 Å². The first-order chi connectivity index (χ1) is 5.75. The van der Waals surface area contributed by atoms with E-state index in [0.29, 0.717) is 0 Å². The second-order valence-corrected chi connectivity index (χ2v) is 3.06. The van der Waals surface area contributed by atoms with Crippen molar-refractivity contribution in [1.82, 2.24) is 0 Å². The van der Waals surface area contributed by atoms with Crippen molar-refractivity contribution in [3.63, 3.8) is 0 Å². The largest absolute Gasteiger partial charge is 0.479 e. The van der Waals surface area contributed by atoms with Gasteiger partial charge in [-0.3, -0.25) is 0 Å². The molecule has 0 amide bonds. The second-order valence-electron chi connectivity index (χ2n) is 3.06. The Morgan fingerprint density at radius 1 is 1.46 bits per heavy atom. The van der Waals surface area contributed by atoms with Crippen molar-refractivity contribution in [2.45, 2.75) is 25.6 Å². The van der Waals surface area contributed by atoms with Gasteiger partial charge < -0.3 is 20.1 Å². The summed E-state index contributed by atoms with van der Waals surface area (Å²) in [7, 11) is 0. The first kappa shape index (κ1) is 11.9. The van der Waals surface area contributed by atoms with Gasteiger partial charge in [0.05, 0.1) is 5.60 Å². The average molecular weight is 192 g/mol. The zero-order valence-electron chi connectivity index (χ0n) is 7.35. The number of esters is 1. The molecule has 0 aliphatic rings. The summed E-state index contributed by atoms with van der Waals surface area (Å²) in [5.74, 6) is -2.48. The summed E-state index contributed by atoms with van der Waals surface area (Å²) in [4.78, 5) is 20.8. The third kappa shape index (κ3) is 4.44. The molecule has 0 aromatic heterocycles. The normalized spacial score (nSPS) is 13.5. The third-order valence-corrected chi connectivity index (χ3v) is 1.23. The lowest BCUT2D eigenvalue weighted by molar-refractivity contribution is -0.171. The summed E-state index contributed by atoms with van der Waals surface area (Å²) in [5, 5.41) is 26.3. The van der Waals surface area contributed by atoms with Gasteiger partial charge in [0.25, 0.3) is 0 Å². The van der Waals surface area contributed by atoms with E-state index in [-0.39, 0.29) is 0 Å². The number of carbonyl (C=O) groups is 2. The van der Waals surface area contributed by atoms with Gasteiger partial charge in [0, 0.05) is 0 Å². The summed E-state index contributed by atoms with van der Waals surface area (Å²) in [6.45, 7) is 1.59. The Bertz CT molecular complexity index is 204. The average Bonchev–Trinajstić information content (AvgIpc) is 1.96. The minimum atomic E-state index is -1.74. The van der Waals surface area contributed by atoms with E-state index in [4.69, 9.17) is 15.3 Å². The predicted molar refractivity (Wildman–Crippen MR) is 40.9 cm³/mol. The molecule has 76 valence electrons. The highest BCUT2D eigenvalue weighted by atomic mass is 16.6. The highest BCUT2D eigenvalue weighted by Gasteiger charge is 2.32. The molecule has 6 heteroatoms. The molecule has 0 aliphatic carbocycles. The molecule has 0 saturated heterocycles. The van der Waals surface area contributed by atoms with E-state index in [9.17, 15) is 9.59 Å². The van der Waals surface area contributed by atoms with Crippen LogP contribution >= 0.6 is 0 Å². The van der Waals surface area contributed by atoms with Crippen molar-refractivity contribution in [1.29, 1.82) is 0 Å². The van der Waals surface area contributed by atoms with Crippen LogP contribution in [0.5, 0.6) is 0 Å². The smallest absolute Gasteiger partial charge is 0.341 e. The predicted octanol–water partition coefficient (Wildman–Crippen LogP) is -1.25. The van der Waals surface area contributed by atoms with Crippen LogP contribution < -0.4 is 0 Å². The van der Waals surface area contributed by atoms with Crippen molar-refractivity contribution in [3.05, 3.63) is 0 Å². The molecule has 13 heavy (non-hydrogen) atoms. The van der Waals surface area contributed by atoms with E-state index in [1.807, 2.05) is 0 Å². The molecule has 1 atom stereocenters. The van der Waals surface area contributed by atoms with Crippen LogP contribution in [0.25, 0.3) is 0 Å². The maximum atomic E-state index is 10.8. The Morgan fingerprint density at radius 3 is 2.23 bits per heavy atom. The standard InChI is InChI=1S/C7H12O6/c1-7(2,12)5(10)6(11)13-3-4(8)9/h5,10,12H,3H2,1-2H3,(H,8,9). The number of ether oxygens (including phenoxy) is 1. The maximum absolute atomic E-state index is 10.8. The lowest BCUT2D eigenvalue weighted by Crippen LogP contribution is -2.43. The molecule has 0 aromatic rings. The molecule has 0 fully saturated rings. The van der Waals surface area contributed by atoms with Gasteiger partial charge in [-0.25, -0.2) is 9.59 Å². The zero-order chi connectivity index (χ0) is 10.6. The molecule has 0 aromatic carbocycles. The minimum Gasteiger partial charge on any atom is -0.479 e. The molecular weight excluding hydrogens is 180 g/mol. The number of carboxylic acid groups (broad SMARTS) is 1. The summed E-state index contributed by atoms with van der Waals surface area (Å²) in [5.41, 5.74) is -1.64. The Balaban J connectivity index is 4.05. The van der Waals surface area contributed by atoms with E-state index in [1.54, 1.807) is 0 Å². The van der Waals surface area contributed by atoms with Gasteiger partial charge in [-0.1, -0.05) is 0 Å². The summed E-state index contributed by atoms with van der Waals surface area (Å²) in [6.07, 6.45) is -1.74. The Labute approximate surface area is 74.7 Å². The lowest BCUT2D eigenvalue weighted by Gasteiger charge is -2.22. The van der Waals surface area contributed by atoms with Crippen LogP contribution in [0.2, 0.25) is 0 Å². The van der Waals surface area contributed by atoms with Gasteiger partial charge in [0.15, 0.2) is 12.7 Å². The second kappa shape index (κ2) is 4.20. The molecule has 0 rings (SSSR count). The number of rotatable bonds is 4. The summed E-state index contributed by atoms with van der Waals surface area (Å²) in [6, 6.07) is 0. The fourth-order valence-corrected chi connectivity index (χ4v) is 0.500.